The maximum atomic E-state index is 6.32. The minimum atomic E-state index is 0.502. The van der Waals surface area contributed by atoms with Gasteiger partial charge in [0.05, 0.1) is 11.4 Å². The van der Waals surface area contributed by atoms with Crippen LogP contribution in [-0.2, 0) is 0 Å². The number of aryl methyl sites for hydroxylation is 1. The molecule has 0 radical (unpaired) electrons. The lowest BCUT2D eigenvalue weighted by atomic mass is 10.1. The van der Waals surface area contributed by atoms with Crippen molar-refractivity contribution in [2.45, 2.75) is 6.92 Å². The fraction of sp³-hybridized carbons (Fsp3) is 0.0526. The Labute approximate surface area is 139 Å². The molecule has 1 aromatic heterocycles. The number of anilines is 3. The average molecular weight is 316 g/mol. The van der Waals surface area contributed by atoms with Crippen molar-refractivity contribution in [1.29, 1.82) is 0 Å². The highest BCUT2D eigenvalue weighted by Crippen LogP contribution is 2.31. The number of benzene rings is 3. The molecule has 0 saturated carbocycles. The molecule has 0 atom stereocenters. The van der Waals surface area contributed by atoms with Gasteiger partial charge in [-0.2, -0.15) is 0 Å². The Morgan fingerprint density at radius 2 is 1.83 bits per heavy atom. The second kappa shape index (κ2) is 5.70. The zero-order valence-corrected chi connectivity index (χ0v) is 13.2. The van der Waals surface area contributed by atoms with E-state index in [2.05, 4.69) is 21.6 Å². The first-order valence-corrected chi connectivity index (χ1v) is 7.65. The summed E-state index contributed by atoms with van der Waals surface area (Å²) in [6, 6.07) is 19.9. The van der Waals surface area contributed by atoms with Gasteiger partial charge in [0, 0.05) is 23.6 Å². The molecule has 118 valence electrons. The van der Waals surface area contributed by atoms with Gasteiger partial charge in [-0.25, -0.2) is 0 Å². The summed E-state index contributed by atoms with van der Waals surface area (Å²) in [5, 5.41) is 13.4. The van der Waals surface area contributed by atoms with E-state index in [0.717, 1.165) is 33.4 Å². The van der Waals surface area contributed by atoms with E-state index in [9.17, 15) is 0 Å². The summed E-state index contributed by atoms with van der Waals surface area (Å²) in [6.45, 7) is 1.77. The largest absolute Gasteiger partial charge is 0.421 e. The number of aromatic nitrogens is 2. The summed E-state index contributed by atoms with van der Waals surface area (Å²) in [5.41, 5.74) is 9.68. The summed E-state index contributed by atoms with van der Waals surface area (Å²) < 4.78 is 5.48. The van der Waals surface area contributed by atoms with Gasteiger partial charge in [-0.1, -0.05) is 36.4 Å². The summed E-state index contributed by atoms with van der Waals surface area (Å²) >= 11 is 0. The third-order valence-corrected chi connectivity index (χ3v) is 3.89. The number of nitrogen functional groups attached to an aromatic ring is 1. The van der Waals surface area contributed by atoms with Gasteiger partial charge in [-0.3, -0.25) is 0 Å². The molecule has 4 rings (SSSR count). The van der Waals surface area contributed by atoms with Gasteiger partial charge in [0.2, 0.25) is 11.8 Å². The third-order valence-electron chi connectivity index (χ3n) is 3.89. The van der Waals surface area contributed by atoms with Crippen LogP contribution in [0.2, 0.25) is 0 Å². The number of nitrogens with two attached hydrogens (primary N) is 1. The highest BCUT2D eigenvalue weighted by atomic mass is 16.4. The number of nitrogens with one attached hydrogen (secondary N) is 1. The first-order valence-electron chi connectivity index (χ1n) is 7.65. The Bertz CT molecular complexity index is 1020. The van der Waals surface area contributed by atoms with Gasteiger partial charge in [0.1, 0.15) is 0 Å². The van der Waals surface area contributed by atoms with Crippen LogP contribution < -0.4 is 11.1 Å². The Balaban J connectivity index is 1.70. The van der Waals surface area contributed by atoms with Crippen LogP contribution in [0.25, 0.3) is 22.2 Å². The van der Waals surface area contributed by atoms with Crippen molar-refractivity contribution in [2.75, 3.05) is 11.1 Å². The predicted molar refractivity (Wildman–Crippen MR) is 96.1 cm³/mol. The Morgan fingerprint density at radius 3 is 2.67 bits per heavy atom. The molecule has 0 saturated heterocycles. The van der Waals surface area contributed by atoms with E-state index in [1.54, 1.807) is 6.92 Å². The standard InChI is InChI=1S/C19H16N4O/c1-12-22-23-19(24-12)14-6-4-7-15(11-14)21-17-10-9-13-5-2-3-8-16(13)18(17)20/h2-11,21H,20H2,1H3. The quantitative estimate of drug-likeness (QED) is 0.543. The molecule has 0 bridgehead atoms. The topological polar surface area (TPSA) is 77.0 Å². The smallest absolute Gasteiger partial charge is 0.247 e. The summed E-state index contributed by atoms with van der Waals surface area (Å²) in [5.74, 6) is 1.05. The lowest BCUT2D eigenvalue weighted by molar-refractivity contribution is 0.533. The van der Waals surface area contributed by atoms with E-state index in [1.807, 2.05) is 54.6 Å². The number of hydrogen-bond acceptors (Lipinski definition) is 5. The van der Waals surface area contributed by atoms with Crippen LogP contribution in [0, 0.1) is 6.92 Å². The molecule has 1 heterocycles. The maximum absolute atomic E-state index is 6.32. The molecule has 0 amide bonds. The lowest BCUT2D eigenvalue weighted by Crippen LogP contribution is -1.97. The number of fused-ring (bicyclic) bond motifs is 1. The van der Waals surface area contributed by atoms with Crippen molar-refractivity contribution < 1.29 is 4.42 Å². The predicted octanol–water partition coefficient (Wildman–Crippen LogP) is 4.52. The zero-order chi connectivity index (χ0) is 16.5. The normalized spacial score (nSPS) is 10.9. The molecule has 3 aromatic carbocycles. The molecule has 5 nitrogen and oxygen atoms in total. The molecule has 5 heteroatoms. The van der Waals surface area contributed by atoms with Gasteiger partial charge in [0.15, 0.2) is 0 Å². The second-order valence-corrected chi connectivity index (χ2v) is 5.58. The number of hydrogen-bond donors (Lipinski definition) is 2. The monoisotopic (exact) mass is 316 g/mol. The van der Waals surface area contributed by atoms with Gasteiger partial charge in [-0.05, 0) is 29.7 Å². The third kappa shape index (κ3) is 2.56. The first-order chi connectivity index (χ1) is 11.7. The average Bonchev–Trinajstić information content (AvgIpc) is 3.04. The first kappa shape index (κ1) is 14.3. The molecule has 0 spiro atoms. The van der Waals surface area contributed by atoms with E-state index in [-0.39, 0.29) is 0 Å². The molecule has 3 N–H and O–H groups in total. The van der Waals surface area contributed by atoms with Crippen molar-refractivity contribution >= 4 is 27.8 Å². The molecular formula is C19H16N4O. The molecule has 4 aromatic rings. The molecule has 0 aliphatic rings. The zero-order valence-electron chi connectivity index (χ0n) is 13.2. The van der Waals surface area contributed by atoms with Crippen molar-refractivity contribution in [3.8, 4) is 11.5 Å². The van der Waals surface area contributed by atoms with Crippen LogP contribution in [0.5, 0.6) is 0 Å². The molecule has 24 heavy (non-hydrogen) atoms. The van der Waals surface area contributed by atoms with Crippen LogP contribution in [0.1, 0.15) is 5.89 Å². The number of nitrogens with zero attached hydrogens (tertiary/aromatic N) is 2. The van der Waals surface area contributed by atoms with E-state index < -0.39 is 0 Å². The van der Waals surface area contributed by atoms with Crippen molar-refractivity contribution in [1.82, 2.24) is 10.2 Å². The van der Waals surface area contributed by atoms with E-state index >= 15 is 0 Å². The van der Waals surface area contributed by atoms with Crippen molar-refractivity contribution in [3.63, 3.8) is 0 Å². The summed E-state index contributed by atoms with van der Waals surface area (Å²) in [4.78, 5) is 0. The Hall–Kier alpha value is -3.34. The van der Waals surface area contributed by atoms with E-state index in [0.29, 0.717) is 11.8 Å². The van der Waals surface area contributed by atoms with Crippen LogP contribution in [0.3, 0.4) is 0 Å². The second-order valence-electron chi connectivity index (χ2n) is 5.58. The highest BCUT2D eigenvalue weighted by Gasteiger charge is 2.08. The van der Waals surface area contributed by atoms with Crippen molar-refractivity contribution in [2.24, 2.45) is 0 Å². The van der Waals surface area contributed by atoms with Gasteiger partial charge < -0.3 is 15.5 Å². The summed E-state index contributed by atoms with van der Waals surface area (Å²) in [7, 11) is 0. The van der Waals surface area contributed by atoms with Crippen molar-refractivity contribution in [3.05, 3.63) is 66.6 Å². The van der Waals surface area contributed by atoms with Gasteiger partial charge in [-0.15, -0.1) is 10.2 Å². The molecule has 0 aliphatic heterocycles. The minimum absolute atomic E-state index is 0.502. The summed E-state index contributed by atoms with van der Waals surface area (Å²) in [6.07, 6.45) is 0. The van der Waals surface area contributed by atoms with Gasteiger partial charge >= 0.3 is 0 Å². The maximum Gasteiger partial charge on any atom is 0.247 e. The SMILES string of the molecule is Cc1nnc(-c2cccc(Nc3ccc4ccccc4c3N)c2)o1. The fourth-order valence-electron chi connectivity index (χ4n) is 2.70. The lowest BCUT2D eigenvalue weighted by Gasteiger charge is -2.12. The molecular weight excluding hydrogens is 300 g/mol. The van der Waals surface area contributed by atoms with Crippen LogP contribution >= 0.6 is 0 Å². The Kier molecular flexibility index (Phi) is 3.39. The van der Waals surface area contributed by atoms with Gasteiger partial charge in [0.25, 0.3) is 0 Å². The minimum Gasteiger partial charge on any atom is -0.421 e. The molecule has 0 aliphatic carbocycles. The molecule has 0 unspecified atom stereocenters. The Morgan fingerprint density at radius 1 is 0.958 bits per heavy atom. The van der Waals surface area contributed by atoms with Crippen LogP contribution in [-0.4, -0.2) is 10.2 Å². The van der Waals surface area contributed by atoms with E-state index in [1.165, 1.54) is 0 Å². The number of rotatable bonds is 3. The fourth-order valence-corrected chi connectivity index (χ4v) is 2.70. The molecule has 0 fully saturated rings. The highest BCUT2D eigenvalue weighted by molar-refractivity contribution is 5.99. The van der Waals surface area contributed by atoms with Crippen LogP contribution in [0.4, 0.5) is 17.1 Å². The van der Waals surface area contributed by atoms with E-state index in [4.69, 9.17) is 10.2 Å². The van der Waals surface area contributed by atoms with Crippen LogP contribution in [0.15, 0.2) is 65.1 Å².